The Morgan fingerprint density at radius 3 is 2.59 bits per heavy atom. The molecule has 0 radical (unpaired) electrons. The molecule has 0 bridgehead atoms. The summed E-state index contributed by atoms with van der Waals surface area (Å²) in [5.74, 6) is 0.0378. The number of pyridine rings is 1. The van der Waals surface area contributed by atoms with Gasteiger partial charge < -0.3 is 10.2 Å². The molecule has 0 aliphatic carbocycles. The van der Waals surface area contributed by atoms with Gasteiger partial charge in [0.2, 0.25) is 0 Å². The minimum absolute atomic E-state index is 0.0378. The third kappa shape index (κ3) is 2.96. The van der Waals surface area contributed by atoms with Crippen LogP contribution in [0.5, 0.6) is 0 Å². The van der Waals surface area contributed by atoms with Crippen molar-refractivity contribution in [2.45, 2.75) is 26.7 Å². The number of hydrogen-bond acceptors (Lipinski definition) is 3. The van der Waals surface area contributed by atoms with Crippen LogP contribution in [0.3, 0.4) is 0 Å². The summed E-state index contributed by atoms with van der Waals surface area (Å²) in [6.07, 6.45) is 3.92. The molecule has 3 rings (SSSR count). The molecule has 4 nitrogen and oxygen atoms in total. The monoisotopic (exact) mass is 295 g/mol. The first-order chi connectivity index (χ1) is 10.6. The van der Waals surface area contributed by atoms with Gasteiger partial charge in [-0.3, -0.25) is 4.79 Å². The van der Waals surface area contributed by atoms with E-state index < -0.39 is 0 Å². The van der Waals surface area contributed by atoms with Gasteiger partial charge in [0.1, 0.15) is 5.69 Å². The molecule has 1 N–H and O–H groups in total. The minimum Gasteiger partial charge on any atom is -0.354 e. The lowest BCUT2D eigenvalue weighted by atomic mass is 10.1. The number of aromatic nitrogens is 1. The summed E-state index contributed by atoms with van der Waals surface area (Å²) < 4.78 is 0. The van der Waals surface area contributed by atoms with Gasteiger partial charge in [0, 0.05) is 18.8 Å². The van der Waals surface area contributed by atoms with Crippen molar-refractivity contribution in [3.63, 3.8) is 0 Å². The Morgan fingerprint density at radius 2 is 1.91 bits per heavy atom. The molecule has 2 aromatic rings. The van der Waals surface area contributed by atoms with E-state index in [-0.39, 0.29) is 5.91 Å². The standard InChI is InChI=1S/C18H21N3O/c1-13-6-5-7-16(14(13)2)20-15-8-9-17(19-12-15)18(22)21-10-3-4-11-21/h5-9,12,20H,3-4,10-11H2,1-2H3. The molecule has 2 heterocycles. The molecule has 1 aliphatic heterocycles. The van der Waals surface area contributed by atoms with E-state index in [2.05, 4.69) is 30.2 Å². The van der Waals surface area contributed by atoms with Gasteiger partial charge in [0.25, 0.3) is 5.91 Å². The SMILES string of the molecule is Cc1cccc(Nc2ccc(C(=O)N3CCCC3)nc2)c1C. The number of benzene rings is 1. The van der Waals surface area contributed by atoms with Crippen LogP contribution >= 0.6 is 0 Å². The zero-order valence-corrected chi connectivity index (χ0v) is 13.1. The fourth-order valence-corrected chi connectivity index (χ4v) is 2.72. The molecule has 4 heteroatoms. The van der Waals surface area contributed by atoms with Crippen molar-refractivity contribution in [2.75, 3.05) is 18.4 Å². The molecule has 1 amide bonds. The summed E-state index contributed by atoms with van der Waals surface area (Å²) in [6, 6.07) is 9.89. The van der Waals surface area contributed by atoms with E-state index in [4.69, 9.17) is 0 Å². The lowest BCUT2D eigenvalue weighted by Gasteiger charge is -2.15. The number of nitrogens with zero attached hydrogens (tertiary/aromatic N) is 2. The first-order valence-electron chi connectivity index (χ1n) is 7.74. The molecule has 22 heavy (non-hydrogen) atoms. The number of likely N-dealkylation sites (tertiary alicyclic amines) is 1. The van der Waals surface area contributed by atoms with E-state index in [0.29, 0.717) is 5.69 Å². The van der Waals surface area contributed by atoms with Gasteiger partial charge in [0.05, 0.1) is 11.9 Å². The maximum Gasteiger partial charge on any atom is 0.272 e. The van der Waals surface area contributed by atoms with Crippen molar-refractivity contribution >= 4 is 17.3 Å². The predicted octanol–water partition coefficient (Wildman–Crippen LogP) is 3.68. The van der Waals surface area contributed by atoms with Crippen LogP contribution in [0.15, 0.2) is 36.5 Å². The van der Waals surface area contributed by atoms with Crippen LogP contribution in [0.25, 0.3) is 0 Å². The highest BCUT2D eigenvalue weighted by Crippen LogP contribution is 2.22. The number of aryl methyl sites for hydroxylation is 1. The highest BCUT2D eigenvalue weighted by Gasteiger charge is 2.20. The molecular formula is C18H21N3O. The fourth-order valence-electron chi connectivity index (χ4n) is 2.72. The van der Waals surface area contributed by atoms with E-state index >= 15 is 0 Å². The van der Waals surface area contributed by atoms with Crippen molar-refractivity contribution in [3.8, 4) is 0 Å². The van der Waals surface area contributed by atoms with E-state index in [9.17, 15) is 4.79 Å². The van der Waals surface area contributed by atoms with Crippen molar-refractivity contribution in [2.24, 2.45) is 0 Å². The highest BCUT2D eigenvalue weighted by molar-refractivity contribution is 5.92. The Hall–Kier alpha value is -2.36. The quantitative estimate of drug-likeness (QED) is 0.939. The zero-order chi connectivity index (χ0) is 15.5. The fraction of sp³-hybridized carbons (Fsp3) is 0.333. The van der Waals surface area contributed by atoms with Crippen LogP contribution in [0.4, 0.5) is 11.4 Å². The average molecular weight is 295 g/mol. The molecule has 1 aromatic heterocycles. The smallest absolute Gasteiger partial charge is 0.272 e. The average Bonchev–Trinajstić information content (AvgIpc) is 3.06. The van der Waals surface area contributed by atoms with Gasteiger partial charge in [-0.2, -0.15) is 0 Å². The molecule has 0 unspecified atom stereocenters. The van der Waals surface area contributed by atoms with Crippen LogP contribution < -0.4 is 5.32 Å². The summed E-state index contributed by atoms with van der Waals surface area (Å²) in [5, 5.41) is 3.36. The van der Waals surface area contributed by atoms with Crippen LogP contribution in [0.1, 0.15) is 34.5 Å². The Morgan fingerprint density at radius 1 is 1.14 bits per heavy atom. The summed E-state index contributed by atoms with van der Waals surface area (Å²) in [7, 11) is 0. The van der Waals surface area contributed by atoms with Crippen LogP contribution in [0.2, 0.25) is 0 Å². The summed E-state index contributed by atoms with van der Waals surface area (Å²) in [4.78, 5) is 18.5. The van der Waals surface area contributed by atoms with Crippen molar-refractivity contribution in [1.82, 2.24) is 9.88 Å². The Kier molecular flexibility index (Phi) is 4.09. The second-order valence-corrected chi connectivity index (χ2v) is 5.80. The van der Waals surface area contributed by atoms with E-state index in [1.54, 1.807) is 12.3 Å². The lowest BCUT2D eigenvalue weighted by molar-refractivity contribution is 0.0787. The summed E-state index contributed by atoms with van der Waals surface area (Å²) in [5.41, 5.74) is 4.96. The van der Waals surface area contributed by atoms with E-state index in [1.807, 2.05) is 23.1 Å². The summed E-state index contributed by atoms with van der Waals surface area (Å²) >= 11 is 0. The molecule has 1 fully saturated rings. The predicted molar refractivity (Wildman–Crippen MR) is 88.6 cm³/mol. The number of carbonyl (C=O) groups is 1. The number of anilines is 2. The van der Waals surface area contributed by atoms with Gasteiger partial charge in [-0.1, -0.05) is 12.1 Å². The van der Waals surface area contributed by atoms with Gasteiger partial charge in [-0.25, -0.2) is 4.98 Å². The van der Waals surface area contributed by atoms with Gasteiger partial charge >= 0.3 is 0 Å². The van der Waals surface area contributed by atoms with Crippen molar-refractivity contribution in [1.29, 1.82) is 0 Å². The summed E-state index contributed by atoms with van der Waals surface area (Å²) in [6.45, 7) is 5.89. The third-order valence-corrected chi connectivity index (χ3v) is 4.26. The lowest BCUT2D eigenvalue weighted by Crippen LogP contribution is -2.28. The molecule has 0 atom stereocenters. The number of nitrogens with one attached hydrogen (secondary N) is 1. The Bertz CT molecular complexity index is 673. The second-order valence-electron chi connectivity index (χ2n) is 5.80. The zero-order valence-electron chi connectivity index (χ0n) is 13.1. The van der Waals surface area contributed by atoms with Crippen LogP contribution in [0, 0.1) is 13.8 Å². The maximum atomic E-state index is 12.3. The minimum atomic E-state index is 0.0378. The number of carbonyl (C=O) groups excluding carboxylic acids is 1. The number of rotatable bonds is 3. The maximum absolute atomic E-state index is 12.3. The normalized spacial score (nSPS) is 14.2. The molecule has 1 aliphatic rings. The van der Waals surface area contributed by atoms with Crippen molar-refractivity contribution < 1.29 is 4.79 Å². The number of hydrogen-bond donors (Lipinski definition) is 1. The van der Waals surface area contributed by atoms with Gasteiger partial charge in [0.15, 0.2) is 0 Å². The first-order valence-corrected chi connectivity index (χ1v) is 7.74. The van der Waals surface area contributed by atoms with Gasteiger partial charge in [-0.05, 0) is 56.0 Å². The molecule has 1 saturated heterocycles. The first kappa shape index (κ1) is 14.6. The Labute approximate surface area is 131 Å². The molecule has 0 saturated carbocycles. The third-order valence-electron chi connectivity index (χ3n) is 4.26. The highest BCUT2D eigenvalue weighted by atomic mass is 16.2. The number of amides is 1. The van der Waals surface area contributed by atoms with Gasteiger partial charge in [-0.15, -0.1) is 0 Å². The second kappa shape index (κ2) is 6.18. The molecule has 114 valence electrons. The molecule has 1 aromatic carbocycles. The Balaban J connectivity index is 1.74. The van der Waals surface area contributed by atoms with E-state index in [0.717, 1.165) is 37.3 Å². The van der Waals surface area contributed by atoms with Crippen molar-refractivity contribution in [3.05, 3.63) is 53.3 Å². The largest absolute Gasteiger partial charge is 0.354 e. The topological polar surface area (TPSA) is 45.2 Å². The molecule has 0 spiro atoms. The molecular weight excluding hydrogens is 274 g/mol. The van der Waals surface area contributed by atoms with Crippen LogP contribution in [-0.4, -0.2) is 28.9 Å². The van der Waals surface area contributed by atoms with E-state index in [1.165, 1.54) is 11.1 Å². The van der Waals surface area contributed by atoms with Crippen LogP contribution in [-0.2, 0) is 0 Å².